The molecule has 1 rings (SSSR count). The van der Waals surface area contributed by atoms with Crippen molar-refractivity contribution in [3.63, 3.8) is 0 Å². The summed E-state index contributed by atoms with van der Waals surface area (Å²) < 4.78 is 0. The lowest BCUT2D eigenvalue weighted by Gasteiger charge is -2.21. The van der Waals surface area contributed by atoms with E-state index >= 15 is 0 Å². The number of rotatable bonds is 5. The molecule has 1 heterocycles. The third-order valence-corrected chi connectivity index (χ3v) is 2.68. The van der Waals surface area contributed by atoms with Crippen LogP contribution in [-0.4, -0.2) is 22.2 Å². The Bertz CT molecular complexity index is 310. The molecule has 3 heteroatoms. The van der Waals surface area contributed by atoms with Gasteiger partial charge in [0.15, 0.2) is 0 Å². The van der Waals surface area contributed by atoms with Gasteiger partial charge in [-0.05, 0) is 31.9 Å². The third-order valence-electron chi connectivity index (χ3n) is 2.68. The van der Waals surface area contributed by atoms with Crippen molar-refractivity contribution < 1.29 is 5.11 Å². The maximum Gasteiger partial charge on any atom is 0.0741 e. The Labute approximate surface area is 91.5 Å². The van der Waals surface area contributed by atoms with Crippen molar-refractivity contribution in [3.05, 3.63) is 29.6 Å². The third kappa shape index (κ3) is 3.98. The topological polar surface area (TPSA) is 45.1 Å². The highest BCUT2D eigenvalue weighted by molar-refractivity contribution is 5.17. The number of nitrogens with zero attached hydrogens (tertiary/aromatic N) is 1. The number of aryl methyl sites for hydroxylation is 1. The number of pyridine rings is 1. The highest BCUT2D eigenvalue weighted by Crippen LogP contribution is 2.07. The minimum atomic E-state index is -0.622. The molecule has 0 amide bonds. The average Bonchev–Trinajstić information content (AvgIpc) is 2.21. The van der Waals surface area contributed by atoms with E-state index in [0.717, 1.165) is 12.1 Å². The SMILES string of the molecule is CCC(C)(O)CNCc1ncccc1C. The Morgan fingerprint density at radius 2 is 2.27 bits per heavy atom. The molecule has 1 aromatic rings. The predicted molar refractivity (Wildman–Crippen MR) is 61.6 cm³/mol. The van der Waals surface area contributed by atoms with Crippen LogP contribution in [0.15, 0.2) is 18.3 Å². The minimum Gasteiger partial charge on any atom is -0.389 e. The Balaban J connectivity index is 2.42. The molecule has 0 bridgehead atoms. The first kappa shape index (κ1) is 12.1. The van der Waals surface area contributed by atoms with Crippen LogP contribution in [-0.2, 0) is 6.54 Å². The summed E-state index contributed by atoms with van der Waals surface area (Å²) in [6, 6.07) is 3.98. The summed E-state index contributed by atoms with van der Waals surface area (Å²) in [6.45, 7) is 7.17. The summed E-state index contributed by atoms with van der Waals surface area (Å²) in [6.07, 6.45) is 2.54. The lowest BCUT2D eigenvalue weighted by atomic mass is 10.0. The fourth-order valence-electron chi connectivity index (χ4n) is 1.28. The van der Waals surface area contributed by atoms with Gasteiger partial charge in [0.05, 0.1) is 11.3 Å². The van der Waals surface area contributed by atoms with Crippen molar-refractivity contribution in [2.24, 2.45) is 0 Å². The van der Waals surface area contributed by atoms with Crippen LogP contribution in [0, 0.1) is 6.92 Å². The fourth-order valence-corrected chi connectivity index (χ4v) is 1.28. The van der Waals surface area contributed by atoms with Gasteiger partial charge in [-0.3, -0.25) is 4.98 Å². The number of hydrogen-bond acceptors (Lipinski definition) is 3. The first-order valence-electron chi connectivity index (χ1n) is 5.39. The summed E-state index contributed by atoms with van der Waals surface area (Å²) in [5, 5.41) is 13.0. The zero-order chi connectivity index (χ0) is 11.3. The van der Waals surface area contributed by atoms with Gasteiger partial charge in [0.2, 0.25) is 0 Å². The Morgan fingerprint density at radius 3 is 2.87 bits per heavy atom. The van der Waals surface area contributed by atoms with Gasteiger partial charge in [0, 0.05) is 19.3 Å². The summed E-state index contributed by atoms with van der Waals surface area (Å²) in [5.74, 6) is 0. The van der Waals surface area contributed by atoms with E-state index in [1.807, 2.05) is 32.9 Å². The van der Waals surface area contributed by atoms with E-state index in [1.54, 1.807) is 6.20 Å². The summed E-state index contributed by atoms with van der Waals surface area (Å²) in [5.41, 5.74) is 1.61. The van der Waals surface area contributed by atoms with Crippen molar-refractivity contribution in [2.45, 2.75) is 39.3 Å². The van der Waals surface area contributed by atoms with Gasteiger partial charge in [-0.15, -0.1) is 0 Å². The second-order valence-electron chi connectivity index (χ2n) is 4.22. The number of hydrogen-bond donors (Lipinski definition) is 2. The lowest BCUT2D eigenvalue weighted by Crippen LogP contribution is -2.37. The molecule has 1 aromatic heterocycles. The fraction of sp³-hybridized carbons (Fsp3) is 0.583. The molecule has 15 heavy (non-hydrogen) atoms. The molecule has 1 atom stereocenters. The second-order valence-corrected chi connectivity index (χ2v) is 4.22. The molecule has 0 aromatic carbocycles. The van der Waals surface area contributed by atoms with Crippen molar-refractivity contribution >= 4 is 0 Å². The van der Waals surface area contributed by atoms with Crippen molar-refractivity contribution in [2.75, 3.05) is 6.54 Å². The maximum atomic E-state index is 9.79. The molecule has 0 radical (unpaired) electrons. The van der Waals surface area contributed by atoms with Crippen LogP contribution in [0.5, 0.6) is 0 Å². The van der Waals surface area contributed by atoms with Gasteiger partial charge in [-0.1, -0.05) is 13.0 Å². The predicted octanol–water partition coefficient (Wildman–Crippen LogP) is 1.64. The molecule has 0 saturated carbocycles. The first-order valence-corrected chi connectivity index (χ1v) is 5.39. The first-order chi connectivity index (χ1) is 7.05. The smallest absolute Gasteiger partial charge is 0.0741 e. The number of aromatic nitrogens is 1. The Hall–Kier alpha value is -0.930. The second kappa shape index (κ2) is 5.24. The normalized spacial score (nSPS) is 14.9. The summed E-state index contributed by atoms with van der Waals surface area (Å²) >= 11 is 0. The van der Waals surface area contributed by atoms with Crippen LogP contribution in [0.2, 0.25) is 0 Å². The molecular weight excluding hydrogens is 188 g/mol. The van der Waals surface area contributed by atoms with Crippen molar-refractivity contribution in [1.29, 1.82) is 0 Å². The molecule has 0 saturated heterocycles. The van der Waals surface area contributed by atoms with Crippen LogP contribution >= 0.6 is 0 Å². The molecule has 0 aliphatic carbocycles. The zero-order valence-electron chi connectivity index (χ0n) is 9.75. The molecule has 0 aliphatic rings. The van der Waals surface area contributed by atoms with Crippen molar-refractivity contribution in [3.8, 4) is 0 Å². The van der Waals surface area contributed by atoms with E-state index in [9.17, 15) is 5.11 Å². The van der Waals surface area contributed by atoms with Gasteiger partial charge < -0.3 is 10.4 Å². The average molecular weight is 208 g/mol. The van der Waals surface area contributed by atoms with Crippen LogP contribution in [0.1, 0.15) is 31.5 Å². The van der Waals surface area contributed by atoms with Crippen molar-refractivity contribution in [1.82, 2.24) is 10.3 Å². The molecule has 84 valence electrons. The van der Waals surface area contributed by atoms with Gasteiger partial charge in [-0.2, -0.15) is 0 Å². The van der Waals surface area contributed by atoms with Gasteiger partial charge >= 0.3 is 0 Å². The van der Waals surface area contributed by atoms with Gasteiger partial charge in [0.25, 0.3) is 0 Å². The highest BCUT2D eigenvalue weighted by Gasteiger charge is 2.16. The van der Waals surface area contributed by atoms with E-state index in [4.69, 9.17) is 0 Å². The van der Waals surface area contributed by atoms with Gasteiger partial charge in [-0.25, -0.2) is 0 Å². The Morgan fingerprint density at radius 1 is 1.53 bits per heavy atom. The zero-order valence-corrected chi connectivity index (χ0v) is 9.75. The lowest BCUT2D eigenvalue weighted by molar-refractivity contribution is 0.0555. The molecular formula is C12H20N2O. The quantitative estimate of drug-likeness (QED) is 0.773. The van der Waals surface area contributed by atoms with E-state index < -0.39 is 5.60 Å². The molecule has 0 aliphatic heterocycles. The monoisotopic (exact) mass is 208 g/mol. The van der Waals surface area contributed by atoms with Crippen LogP contribution < -0.4 is 5.32 Å². The van der Waals surface area contributed by atoms with E-state index in [-0.39, 0.29) is 0 Å². The number of aliphatic hydroxyl groups is 1. The van der Waals surface area contributed by atoms with Crippen LogP contribution in [0.25, 0.3) is 0 Å². The summed E-state index contributed by atoms with van der Waals surface area (Å²) in [7, 11) is 0. The molecule has 2 N–H and O–H groups in total. The minimum absolute atomic E-state index is 0.597. The van der Waals surface area contributed by atoms with E-state index in [1.165, 1.54) is 5.56 Å². The highest BCUT2D eigenvalue weighted by atomic mass is 16.3. The standard InChI is InChI=1S/C12H20N2O/c1-4-12(3,15)9-13-8-11-10(2)6-5-7-14-11/h5-7,13,15H,4,8-9H2,1-3H3. The van der Waals surface area contributed by atoms with E-state index in [2.05, 4.69) is 10.3 Å². The largest absolute Gasteiger partial charge is 0.389 e. The van der Waals surface area contributed by atoms with E-state index in [0.29, 0.717) is 13.1 Å². The molecule has 1 unspecified atom stereocenters. The maximum absolute atomic E-state index is 9.79. The van der Waals surface area contributed by atoms with Crippen LogP contribution in [0.4, 0.5) is 0 Å². The van der Waals surface area contributed by atoms with Crippen LogP contribution in [0.3, 0.4) is 0 Å². The molecule has 0 spiro atoms. The van der Waals surface area contributed by atoms with Gasteiger partial charge in [0.1, 0.15) is 0 Å². The molecule has 3 nitrogen and oxygen atoms in total. The molecule has 0 fully saturated rings. The summed E-state index contributed by atoms with van der Waals surface area (Å²) in [4.78, 5) is 4.28. The Kier molecular flexibility index (Phi) is 4.24. The number of nitrogens with one attached hydrogen (secondary N) is 1.